The molecule has 0 amide bonds. The van der Waals surface area contributed by atoms with Gasteiger partial charge in [0.25, 0.3) is 0 Å². The molecule has 2 aromatic rings. The Morgan fingerprint density at radius 3 is 2.94 bits per heavy atom. The minimum Gasteiger partial charge on any atom is -0.326 e. The lowest BCUT2D eigenvalue weighted by atomic mass is 10.2. The number of hydrogen-bond acceptors (Lipinski definition) is 4. The van der Waals surface area contributed by atoms with E-state index in [0.717, 1.165) is 18.8 Å². The molecule has 1 aliphatic heterocycles. The van der Waals surface area contributed by atoms with Gasteiger partial charge in [-0.2, -0.15) is 5.26 Å². The van der Waals surface area contributed by atoms with Gasteiger partial charge in [0.15, 0.2) is 0 Å². The zero-order valence-corrected chi connectivity index (χ0v) is 10.1. The van der Waals surface area contributed by atoms with Crippen molar-refractivity contribution in [2.45, 2.75) is 13.3 Å². The maximum atomic E-state index is 8.97. The number of fused-ring (bicyclic) bond motifs is 1. The maximum Gasteiger partial charge on any atom is 0.146 e. The van der Waals surface area contributed by atoms with E-state index in [1.165, 1.54) is 11.3 Å². The van der Waals surface area contributed by atoms with E-state index < -0.39 is 0 Å². The summed E-state index contributed by atoms with van der Waals surface area (Å²) in [5.41, 5.74) is 2.92. The topological polar surface area (TPSA) is 52.8 Å². The predicted octanol–water partition coefficient (Wildman–Crippen LogP) is 2.35. The number of nitriles is 1. The number of rotatable bonds is 1. The molecule has 18 heavy (non-hydrogen) atoms. The monoisotopic (exact) mass is 236 g/mol. The minimum atomic E-state index is 0.418. The second-order valence-electron chi connectivity index (χ2n) is 4.30. The Morgan fingerprint density at radius 1 is 1.28 bits per heavy atom. The summed E-state index contributed by atoms with van der Waals surface area (Å²) in [5.74, 6) is 1.44. The van der Waals surface area contributed by atoms with Crippen molar-refractivity contribution in [1.82, 2.24) is 9.97 Å². The fraction of sp³-hybridized carbons (Fsp3) is 0.214. The van der Waals surface area contributed by atoms with Crippen LogP contribution in [-0.2, 0) is 6.42 Å². The lowest BCUT2D eigenvalue weighted by Crippen LogP contribution is -2.15. The number of aromatic nitrogens is 2. The third kappa shape index (κ3) is 1.70. The van der Waals surface area contributed by atoms with Crippen molar-refractivity contribution in [1.29, 1.82) is 5.26 Å². The van der Waals surface area contributed by atoms with Gasteiger partial charge in [0.1, 0.15) is 23.4 Å². The van der Waals surface area contributed by atoms with Gasteiger partial charge in [0.05, 0.1) is 0 Å². The third-order valence-electron chi connectivity index (χ3n) is 3.10. The first-order valence-electron chi connectivity index (χ1n) is 5.89. The smallest absolute Gasteiger partial charge is 0.146 e. The van der Waals surface area contributed by atoms with Crippen molar-refractivity contribution >= 4 is 11.5 Å². The fourth-order valence-electron chi connectivity index (χ4n) is 2.32. The van der Waals surface area contributed by atoms with Crippen molar-refractivity contribution in [3.8, 4) is 6.07 Å². The van der Waals surface area contributed by atoms with Gasteiger partial charge in [0.2, 0.25) is 0 Å². The molecular formula is C14H12N4. The molecule has 3 rings (SSSR count). The molecule has 0 fully saturated rings. The molecular weight excluding hydrogens is 224 g/mol. The molecule has 0 spiro atoms. The molecule has 2 heterocycles. The maximum absolute atomic E-state index is 8.97. The Hall–Kier alpha value is -2.41. The van der Waals surface area contributed by atoms with Gasteiger partial charge in [0, 0.05) is 18.3 Å². The summed E-state index contributed by atoms with van der Waals surface area (Å²) in [5, 5.41) is 8.97. The highest BCUT2D eigenvalue weighted by molar-refractivity contribution is 5.67. The summed E-state index contributed by atoms with van der Waals surface area (Å²) in [4.78, 5) is 10.7. The standard InChI is InChI=1S/C14H12N4/c1-10-16-12(9-15)8-14(17-10)18-7-6-11-4-2-3-5-13(11)18/h2-5,8H,6-7H2,1H3. The molecule has 0 bridgehead atoms. The molecule has 88 valence electrons. The molecule has 0 aliphatic carbocycles. The zero-order valence-electron chi connectivity index (χ0n) is 10.1. The van der Waals surface area contributed by atoms with Gasteiger partial charge >= 0.3 is 0 Å². The zero-order chi connectivity index (χ0) is 12.5. The first-order chi connectivity index (χ1) is 8.78. The summed E-state index contributed by atoms with van der Waals surface area (Å²) in [7, 11) is 0. The van der Waals surface area contributed by atoms with Crippen LogP contribution in [0.1, 0.15) is 17.1 Å². The van der Waals surface area contributed by atoms with Crippen molar-refractivity contribution in [3.05, 3.63) is 47.4 Å². The van der Waals surface area contributed by atoms with Gasteiger partial charge < -0.3 is 4.90 Å². The molecule has 4 nitrogen and oxygen atoms in total. The second kappa shape index (κ2) is 4.11. The highest BCUT2D eigenvalue weighted by Gasteiger charge is 2.21. The first kappa shape index (κ1) is 10.7. The molecule has 0 unspecified atom stereocenters. The van der Waals surface area contributed by atoms with Gasteiger partial charge in [-0.1, -0.05) is 18.2 Å². The van der Waals surface area contributed by atoms with E-state index in [9.17, 15) is 0 Å². The average Bonchev–Trinajstić information content (AvgIpc) is 2.81. The molecule has 0 saturated heterocycles. The van der Waals surface area contributed by atoms with Crippen LogP contribution >= 0.6 is 0 Å². The number of benzene rings is 1. The Bertz CT molecular complexity index is 642. The van der Waals surface area contributed by atoms with Gasteiger partial charge in [-0.05, 0) is 25.0 Å². The SMILES string of the molecule is Cc1nc(C#N)cc(N2CCc3ccccc32)n1. The average molecular weight is 236 g/mol. The molecule has 1 aromatic heterocycles. The highest BCUT2D eigenvalue weighted by Crippen LogP contribution is 2.33. The molecule has 0 saturated carbocycles. The molecule has 4 heteroatoms. The van der Waals surface area contributed by atoms with E-state index in [1.54, 1.807) is 6.07 Å². The van der Waals surface area contributed by atoms with Gasteiger partial charge in [-0.3, -0.25) is 0 Å². The van der Waals surface area contributed by atoms with Crippen LogP contribution in [0.3, 0.4) is 0 Å². The number of hydrogen-bond donors (Lipinski definition) is 0. The fourth-order valence-corrected chi connectivity index (χ4v) is 2.32. The van der Waals surface area contributed by atoms with Gasteiger partial charge in [-0.25, -0.2) is 9.97 Å². The quantitative estimate of drug-likeness (QED) is 0.762. The largest absolute Gasteiger partial charge is 0.326 e. The van der Waals surface area contributed by atoms with Crippen LogP contribution in [0.15, 0.2) is 30.3 Å². The van der Waals surface area contributed by atoms with Crippen molar-refractivity contribution in [3.63, 3.8) is 0 Å². The van der Waals surface area contributed by atoms with Crippen LogP contribution < -0.4 is 4.90 Å². The van der Waals surface area contributed by atoms with E-state index >= 15 is 0 Å². The summed E-state index contributed by atoms with van der Waals surface area (Å²) in [6.45, 7) is 2.72. The van der Waals surface area contributed by atoms with E-state index in [2.05, 4.69) is 33.1 Å². The Balaban J connectivity index is 2.08. The molecule has 0 radical (unpaired) electrons. The van der Waals surface area contributed by atoms with Crippen LogP contribution in [0, 0.1) is 18.3 Å². The van der Waals surface area contributed by atoms with Crippen molar-refractivity contribution in [2.24, 2.45) is 0 Å². The summed E-state index contributed by atoms with van der Waals surface area (Å²) >= 11 is 0. The normalized spacial score (nSPS) is 13.2. The summed E-state index contributed by atoms with van der Waals surface area (Å²) < 4.78 is 0. The second-order valence-corrected chi connectivity index (χ2v) is 4.30. The minimum absolute atomic E-state index is 0.418. The number of anilines is 2. The Morgan fingerprint density at radius 2 is 2.11 bits per heavy atom. The van der Waals surface area contributed by atoms with Crippen LogP contribution in [-0.4, -0.2) is 16.5 Å². The lowest BCUT2D eigenvalue weighted by Gasteiger charge is -2.18. The third-order valence-corrected chi connectivity index (χ3v) is 3.10. The first-order valence-corrected chi connectivity index (χ1v) is 5.89. The van der Waals surface area contributed by atoms with E-state index in [0.29, 0.717) is 11.5 Å². The van der Waals surface area contributed by atoms with Crippen LogP contribution in [0.5, 0.6) is 0 Å². The number of aryl methyl sites for hydroxylation is 1. The van der Waals surface area contributed by atoms with E-state index in [1.807, 2.05) is 19.1 Å². The van der Waals surface area contributed by atoms with Crippen LogP contribution in [0.2, 0.25) is 0 Å². The van der Waals surface area contributed by atoms with Gasteiger partial charge in [-0.15, -0.1) is 0 Å². The van der Waals surface area contributed by atoms with E-state index in [-0.39, 0.29) is 0 Å². The molecule has 0 atom stereocenters. The van der Waals surface area contributed by atoms with Crippen LogP contribution in [0.4, 0.5) is 11.5 Å². The molecule has 0 N–H and O–H groups in total. The lowest BCUT2D eigenvalue weighted by molar-refractivity contribution is 0.940. The Labute approximate surface area is 106 Å². The summed E-state index contributed by atoms with van der Waals surface area (Å²) in [6, 6.07) is 12.1. The van der Waals surface area contributed by atoms with E-state index in [4.69, 9.17) is 5.26 Å². The molecule has 1 aromatic carbocycles. The predicted molar refractivity (Wildman–Crippen MR) is 68.6 cm³/mol. The highest BCUT2D eigenvalue weighted by atomic mass is 15.2. The summed E-state index contributed by atoms with van der Waals surface area (Å²) in [6.07, 6.45) is 1.01. The number of nitrogens with zero attached hydrogens (tertiary/aromatic N) is 4. The van der Waals surface area contributed by atoms with Crippen molar-refractivity contribution < 1.29 is 0 Å². The number of para-hydroxylation sites is 1. The van der Waals surface area contributed by atoms with Crippen LogP contribution in [0.25, 0.3) is 0 Å². The van der Waals surface area contributed by atoms with Crippen molar-refractivity contribution in [2.75, 3.05) is 11.4 Å². The molecule has 1 aliphatic rings. The Kier molecular flexibility index (Phi) is 2.45.